The number of piperidine rings is 1. The minimum Gasteiger partial charge on any atom is -0.379 e. The highest BCUT2D eigenvalue weighted by Crippen LogP contribution is 2.23. The Bertz CT molecular complexity index is 570. The summed E-state index contributed by atoms with van der Waals surface area (Å²) in [4.78, 5) is 13.0. The number of nitrogens with zero attached hydrogens (tertiary/aromatic N) is 2. The molecule has 2 rings (SSSR count). The van der Waals surface area contributed by atoms with Crippen molar-refractivity contribution in [2.24, 2.45) is 5.73 Å². The largest absolute Gasteiger partial charge is 0.379 e. The van der Waals surface area contributed by atoms with Gasteiger partial charge in [0.15, 0.2) is 5.60 Å². The topological polar surface area (TPSA) is 90.3 Å². The number of β-amino-alcohol motifs (C(OH)–C–C–N with tert-alkyl or cyclic N) is 1. The molecule has 0 bridgehead atoms. The lowest BCUT2D eigenvalue weighted by Gasteiger charge is -2.37. The first-order valence-electron chi connectivity index (χ1n) is 6.38. The zero-order chi connectivity index (χ0) is 14.8. The maximum absolute atomic E-state index is 13.7. The van der Waals surface area contributed by atoms with E-state index >= 15 is 0 Å². The Morgan fingerprint density at radius 2 is 2.35 bits per heavy atom. The van der Waals surface area contributed by atoms with Gasteiger partial charge in [0, 0.05) is 18.7 Å². The van der Waals surface area contributed by atoms with Crippen LogP contribution in [0.3, 0.4) is 0 Å². The van der Waals surface area contributed by atoms with Crippen LogP contribution in [-0.2, 0) is 11.3 Å². The average Bonchev–Trinajstić information content (AvgIpc) is 2.41. The predicted molar refractivity (Wildman–Crippen MR) is 69.8 cm³/mol. The molecule has 1 fully saturated rings. The van der Waals surface area contributed by atoms with Crippen LogP contribution >= 0.6 is 0 Å². The van der Waals surface area contributed by atoms with E-state index in [-0.39, 0.29) is 13.1 Å². The first kappa shape index (κ1) is 14.4. The minimum absolute atomic E-state index is 0.0819. The number of primary amides is 1. The molecule has 1 amide bonds. The van der Waals surface area contributed by atoms with Crippen molar-refractivity contribution in [1.29, 1.82) is 5.26 Å². The molecule has 6 heteroatoms. The van der Waals surface area contributed by atoms with E-state index in [1.807, 2.05) is 6.07 Å². The predicted octanol–water partition coefficient (Wildman–Crippen LogP) is 0.510. The zero-order valence-corrected chi connectivity index (χ0v) is 11.0. The summed E-state index contributed by atoms with van der Waals surface area (Å²) in [5.41, 5.74) is 4.40. The number of rotatable bonds is 3. The molecule has 0 radical (unpaired) electrons. The van der Waals surface area contributed by atoms with E-state index in [9.17, 15) is 14.3 Å². The highest BCUT2D eigenvalue weighted by atomic mass is 19.1. The molecule has 0 saturated carbocycles. The van der Waals surface area contributed by atoms with Crippen molar-refractivity contribution < 1.29 is 14.3 Å². The van der Waals surface area contributed by atoms with Crippen LogP contribution in [0.15, 0.2) is 18.2 Å². The molecule has 1 aromatic rings. The molecule has 5 nitrogen and oxygen atoms in total. The van der Waals surface area contributed by atoms with Crippen molar-refractivity contribution in [2.75, 3.05) is 13.1 Å². The maximum atomic E-state index is 13.7. The van der Waals surface area contributed by atoms with Gasteiger partial charge in [-0.3, -0.25) is 9.69 Å². The van der Waals surface area contributed by atoms with Gasteiger partial charge in [-0.25, -0.2) is 4.39 Å². The summed E-state index contributed by atoms with van der Waals surface area (Å²) in [6, 6.07) is 6.10. The number of carbonyl (C=O) groups excluding carboxylic acids is 1. The summed E-state index contributed by atoms with van der Waals surface area (Å²) in [5.74, 6) is -1.16. The number of carbonyl (C=O) groups is 1. The number of halogens is 1. The molecule has 106 valence electrons. The minimum atomic E-state index is -1.55. The van der Waals surface area contributed by atoms with Gasteiger partial charge in [0.05, 0.1) is 11.6 Å². The van der Waals surface area contributed by atoms with Crippen LogP contribution in [0.1, 0.15) is 24.0 Å². The van der Waals surface area contributed by atoms with Gasteiger partial charge < -0.3 is 10.8 Å². The summed E-state index contributed by atoms with van der Waals surface area (Å²) in [6.45, 7) is 0.960. The van der Waals surface area contributed by atoms with E-state index in [2.05, 4.69) is 0 Å². The fourth-order valence-electron chi connectivity index (χ4n) is 2.47. The molecule has 0 aliphatic carbocycles. The number of aliphatic hydroxyl groups is 1. The number of likely N-dealkylation sites (tertiary alicyclic amines) is 1. The summed E-state index contributed by atoms with van der Waals surface area (Å²) in [7, 11) is 0. The van der Waals surface area contributed by atoms with E-state index in [4.69, 9.17) is 11.0 Å². The molecule has 1 heterocycles. The van der Waals surface area contributed by atoms with Gasteiger partial charge in [-0.05, 0) is 37.6 Å². The molecule has 1 aliphatic heterocycles. The van der Waals surface area contributed by atoms with Crippen LogP contribution in [-0.4, -0.2) is 34.6 Å². The van der Waals surface area contributed by atoms with Crippen molar-refractivity contribution >= 4 is 5.91 Å². The first-order valence-corrected chi connectivity index (χ1v) is 6.38. The molecule has 1 saturated heterocycles. The number of nitriles is 1. The van der Waals surface area contributed by atoms with Crippen LogP contribution in [0.25, 0.3) is 0 Å². The molecule has 0 spiro atoms. The second-order valence-electron chi connectivity index (χ2n) is 5.13. The Kier molecular flexibility index (Phi) is 4.02. The van der Waals surface area contributed by atoms with Crippen molar-refractivity contribution in [1.82, 2.24) is 4.90 Å². The quantitative estimate of drug-likeness (QED) is 0.842. The molecular formula is C14H16FN3O2. The Morgan fingerprint density at radius 3 is 3.00 bits per heavy atom. The third kappa shape index (κ3) is 2.95. The van der Waals surface area contributed by atoms with Crippen molar-refractivity contribution in [2.45, 2.75) is 25.0 Å². The SMILES string of the molecule is N#Cc1ccc(F)c(CN2CCC[C@@](O)(C(N)=O)C2)c1. The Hall–Kier alpha value is -1.97. The smallest absolute Gasteiger partial charge is 0.250 e. The third-order valence-corrected chi connectivity index (χ3v) is 3.58. The van der Waals surface area contributed by atoms with Crippen LogP contribution in [0, 0.1) is 17.1 Å². The lowest BCUT2D eigenvalue weighted by atomic mass is 9.92. The van der Waals surface area contributed by atoms with Crippen LogP contribution < -0.4 is 5.73 Å². The molecule has 20 heavy (non-hydrogen) atoms. The van der Waals surface area contributed by atoms with Gasteiger partial charge in [0.1, 0.15) is 5.82 Å². The fraction of sp³-hybridized carbons (Fsp3) is 0.429. The Morgan fingerprint density at radius 1 is 1.60 bits per heavy atom. The summed E-state index contributed by atoms with van der Waals surface area (Å²) in [6.07, 6.45) is 0.929. The van der Waals surface area contributed by atoms with Gasteiger partial charge in [0.25, 0.3) is 5.91 Å². The van der Waals surface area contributed by atoms with Crippen molar-refractivity contribution in [3.8, 4) is 6.07 Å². The molecular weight excluding hydrogens is 261 g/mol. The average molecular weight is 277 g/mol. The van der Waals surface area contributed by atoms with E-state index in [1.165, 1.54) is 18.2 Å². The van der Waals surface area contributed by atoms with E-state index in [0.717, 1.165) is 0 Å². The number of hydrogen-bond acceptors (Lipinski definition) is 4. The number of amides is 1. The maximum Gasteiger partial charge on any atom is 0.250 e. The lowest BCUT2D eigenvalue weighted by Crippen LogP contribution is -2.55. The van der Waals surface area contributed by atoms with Crippen LogP contribution in [0.5, 0.6) is 0 Å². The van der Waals surface area contributed by atoms with Gasteiger partial charge in [-0.15, -0.1) is 0 Å². The second-order valence-corrected chi connectivity index (χ2v) is 5.13. The summed E-state index contributed by atoms with van der Waals surface area (Å²) < 4.78 is 13.7. The number of benzene rings is 1. The molecule has 1 aliphatic rings. The monoisotopic (exact) mass is 277 g/mol. The third-order valence-electron chi connectivity index (χ3n) is 3.58. The molecule has 3 N–H and O–H groups in total. The Labute approximate surface area is 116 Å². The standard InChI is InChI=1S/C14H16FN3O2/c15-12-3-2-10(7-16)6-11(12)8-18-5-1-4-14(20,9-18)13(17)19/h2-3,6,20H,1,4-5,8-9H2,(H2,17,19)/t14-/m0/s1. The molecule has 1 aromatic carbocycles. The molecule has 0 aromatic heterocycles. The Balaban J connectivity index is 2.14. The van der Waals surface area contributed by atoms with Crippen LogP contribution in [0.2, 0.25) is 0 Å². The zero-order valence-electron chi connectivity index (χ0n) is 11.0. The number of hydrogen-bond donors (Lipinski definition) is 2. The van der Waals surface area contributed by atoms with Gasteiger partial charge in [-0.2, -0.15) is 5.26 Å². The summed E-state index contributed by atoms with van der Waals surface area (Å²) >= 11 is 0. The first-order chi connectivity index (χ1) is 9.44. The normalized spacial score (nSPS) is 23.2. The van der Waals surface area contributed by atoms with Gasteiger partial charge >= 0.3 is 0 Å². The molecule has 0 unspecified atom stereocenters. The molecule has 1 atom stereocenters. The fourth-order valence-corrected chi connectivity index (χ4v) is 2.47. The van der Waals surface area contributed by atoms with E-state index in [1.54, 1.807) is 4.90 Å². The summed E-state index contributed by atoms with van der Waals surface area (Å²) in [5, 5.41) is 18.9. The second kappa shape index (κ2) is 5.57. The van der Waals surface area contributed by atoms with E-state index in [0.29, 0.717) is 30.5 Å². The van der Waals surface area contributed by atoms with Crippen molar-refractivity contribution in [3.05, 3.63) is 35.1 Å². The van der Waals surface area contributed by atoms with Gasteiger partial charge in [0.2, 0.25) is 0 Å². The van der Waals surface area contributed by atoms with Crippen molar-refractivity contribution in [3.63, 3.8) is 0 Å². The highest BCUT2D eigenvalue weighted by molar-refractivity contribution is 5.83. The lowest BCUT2D eigenvalue weighted by molar-refractivity contribution is -0.142. The van der Waals surface area contributed by atoms with Crippen LogP contribution in [0.4, 0.5) is 4.39 Å². The van der Waals surface area contributed by atoms with Gasteiger partial charge in [-0.1, -0.05) is 0 Å². The highest BCUT2D eigenvalue weighted by Gasteiger charge is 2.38. The number of nitrogens with two attached hydrogens (primary N) is 1. The van der Waals surface area contributed by atoms with E-state index < -0.39 is 17.3 Å².